The SMILES string of the molecule is COC(=O)c1sccc1S(=O)(=O)NCC[C@H](O)C(=O)O. The summed E-state index contributed by atoms with van der Waals surface area (Å²) in [4.78, 5) is 21.5. The third kappa shape index (κ3) is 4.00. The zero-order chi connectivity index (χ0) is 15.3. The molecular weight excluding hydrogens is 310 g/mol. The predicted molar refractivity (Wildman–Crippen MR) is 69.1 cm³/mol. The molecule has 0 amide bonds. The van der Waals surface area contributed by atoms with Crippen LogP contribution in [0.25, 0.3) is 0 Å². The number of thiophene rings is 1. The first-order valence-corrected chi connectivity index (χ1v) is 7.72. The van der Waals surface area contributed by atoms with Crippen molar-refractivity contribution in [1.29, 1.82) is 0 Å². The number of rotatable bonds is 7. The fraction of sp³-hybridized carbons (Fsp3) is 0.400. The van der Waals surface area contributed by atoms with E-state index in [1.165, 1.54) is 11.4 Å². The quantitative estimate of drug-likeness (QED) is 0.585. The number of carbonyl (C=O) groups excluding carboxylic acids is 1. The third-order valence-electron chi connectivity index (χ3n) is 2.28. The molecule has 0 aliphatic carbocycles. The van der Waals surface area contributed by atoms with Gasteiger partial charge in [0.05, 0.1) is 7.11 Å². The number of carboxylic acid groups (broad SMARTS) is 1. The summed E-state index contributed by atoms with van der Waals surface area (Å²) in [6.45, 7) is -0.272. The molecule has 0 radical (unpaired) electrons. The summed E-state index contributed by atoms with van der Waals surface area (Å²) in [6, 6.07) is 1.24. The van der Waals surface area contributed by atoms with Crippen molar-refractivity contribution in [2.75, 3.05) is 13.7 Å². The number of ether oxygens (including phenoxy) is 1. The summed E-state index contributed by atoms with van der Waals surface area (Å²) in [5.41, 5.74) is 0. The molecule has 0 saturated carbocycles. The van der Waals surface area contributed by atoms with Crippen molar-refractivity contribution >= 4 is 33.3 Å². The van der Waals surface area contributed by atoms with Crippen LogP contribution in [0.1, 0.15) is 16.1 Å². The first kappa shape index (κ1) is 16.6. The van der Waals surface area contributed by atoms with Crippen molar-refractivity contribution in [2.24, 2.45) is 0 Å². The minimum absolute atomic E-state index is 0.0706. The Balaban J connectivity index is 2.77. The first-order chi connectivity index (χ1) is 9.29. The fourth-order valence-corrected chi connectivity index (χ4v) is 3.66. The van der Waals surface area contributed by atoms with Gasteiger partial charge in [0.1, 0.15) is 9.77 Å². The molecule has 0 unspecified atom stereocenters. The van der Waals surface area contributed by atoms with Crippen LogP contribution in [-0.2, 0) is 19.6 Å². The van der Waals surface area contributed by atoms with Crippen LogP contribution < -0.4 is 4.72 Å². The molecule has 0 aromatic carbocycles. The Morgan fingerprint density at radius 3 is 2.70 bits per heavy atom. The number of hydrogen-bond acceptors (Lipinski definition) is 7. The van der Waals surface area contributed by atoms with Crippen LogP contribution in [0.3, 0.4) is 0 Å². The number of esters is 1. The van der Waals surface area contributed by atoms with Gasteiger partial charge < -0.3 is 14.9 Å². The van der Waals surface area contributed by atoms with Crippen molar-refractivity contribution in [3.63, 3.8) is 0 Å². The van der Waals surface area contributed by atoms with Gasteiger partial charge in [-0.2, -0.15) is 0 Å². The number of sulfonamides is 1. The number of aliphatic hydroxyl groups is 1. The molecule has 10 heteroatoms. The molecule has 0 aliphatic heterocycles. The normalized spacial score (nSPS) is 12.9. The third-order valence-corrected chi connectivity index (χ3v) is 4.81. The molecule has 0 bridgehead atoms. The average Bonchev–Trinajstić information content (AvgIpc) is 2.87. The molecule has 0 fully saturated rings. The van der Waals surface area contributed by atoms with Gasteiger partial charge in [-0.05, 0) is 17.9 Å². The summed E-state index contributed by atoms with van der Waals surface area (Å²) in [7, 11) is -2.83. The van der Waals surface area contributed by atoms with Gasteiger partial charge >= 0.3 is 11.9 Å². The van der Waals surface area contributed by atoms with Crippen molar-refractivity contribution in [3.8, 4) is 0 Å². The highest BCUT2D eigenvalue weighted by Gasteiger charge is 2.24. The minimum Gasteiger partial charge on any atom is -0.479 e. The van der Waals surface area contributed by atoms with Gasteiger partial charge in [0.2, 0.25) is 10.0 Å². The molecule has 8 nitrogen and oxygen atoms in total. The summed E-state index contributed by atoms with van der Waals surface area (Å²) >= 11 is 0.917. The summed E-state index contributed by atoms with van der Waals surface area (Å²) in [6.07, 6.45) is -1.94. The van der Waals surface area contributed by atoms with Crippen LogP contribution in [0.2, 0.25) is 0 Å². The molecule has 3 N–H and O–H groups in total. The zero-order valence-electron chi connectivity index (χ0n) is 10.4. The van der Waals surface area contributed by atoms with E-state index in [1.807, 2.05) is 0 Å². The van der Waals surface area contributed by atoms with E-state index in [-0.39, 0.29) is 22.7 Å². The highest BCUT2D eigenvalue weighted by atomic mass is 32.2. The molecule has 1 rings (SSSR count). The van der Waals surface area contributed by atoms with Gasteiger partial charge in [-0.25, -0.2) is 22.7 Å². The Morgan fingerprint density at radius 2 is 2.15 bits per heavy atom. The van der Waals surface area contributed by atoms with E-state index in [0.29, 0.717) is 0 Å². The van der Waals surface area contributed by atoms with Crippen LogP contribution in [0.15, 0.2) is 16.3 Å². The fourth-order valence-electron chi connectivity index (χ4n) is 1.28. The van der Waals surface area contributed by atoms with E-state index in [9.17, 15) is 18.0 Å². The second-order valence-electron chi connectivity index (χ2n) is 3.65. The Labute approximate surface area is 119 Å². The van der Waals surface area contributed by atoms with E-state index in [1.54, 1.807) is 0 Å². The van der Waals surface area contributed by atoms with Crippen LogP contribution in [0, 0.1) is 0 Å². The number of carbonyl (C=O) groups is 2. The molecule has 1 aromatic heterocycles. The number of aliphatic hydroxyl groups excluding tert-OH is 1. The van der Waals surface area contributed by atoms with Crippen molar-refractivity contribution in [3.05, 3.63) is 16.3 Å². The summed E-state index contributed by atoms with van der Waals surface area (Å²) in [5, 5.41) is 18.9. The number of nitrogens with one attached hydrogen (secondary N) is 1. The number of aliphatic carboxylic acids is 1. The summed E-state index contributed by atoms with van der Waals surface area (Å²) < 4.78 is 30.5. The monoisotopic (exact) mass is 323 g/mol. The van der Waals surface area contributed by atoms with E-state index >= 15 is 0 Å². The lowest BCUT2D eigenvalue weighted by Gasteiger charge is -2.08. The molecular formula is C10H13NO7S2. The topological polar surface area (TPSA) is 130 Å². The highest BCUT2D eigenvalue weighted by molar-refractivity contribution is 7.89. The van der Waals surface area contributed by atoms with E-state index in [2.05, 4.69) is 9.46 Å². The second-order valence-corrected chi connectivity index (χ2v) is 6.30. The lowest BCUT2D eigenvalue weighted by Crippen LogP contribution is -2.30. The zero-order valence-corrected chi connectivity index (χ0v) is 12.0. The van der Waals surface area contributed by atoms with Gasteiger partial charge in [0.25, 0.3) is 0 Å². The number of methoxy groups -OCH3 is 1. The summed E-state index contributed by atoms with van der Waals surface area (Å²) in [5.74, 6) is -2.21. The van der Waals surface area contributed by atoms with Crippen molar-refractivity contribution < 1.29 is 33.0 Å². The molecule has 20 heavy (non-hydrogen) atoms. The minimum atomic E-state index is -3.97. The van der Waals surface area contributed by atoms with Crippen LogP contribution >= 0.6 is 11.3 Å². The Hall–Kier alpha value is -1.49. The standard InChI is InChI=1S/C10H13NO7S2/c1-18-10(15)8-7(3-5-19-8)20(16,17)11-4-2-6(12)9(13)14/h3,5-6,11-12H,2,4H2,1H3,(H,13,14)/t6-/m0/s1. The molecule has 0 spiro atoms. The predicted octanol–water partition coefficient (Wildman–Crippen LogP) is -0.351. The van der Waals surface area contributed by atoms with Gasteiger partial charge in [-0.15, -0.1) is 11.3 Å². The Bertz CT molecular complexity index is 593. The van der Waals surface area contributed by atoms with Crippen LogP contribution in [-0.4, -0.2) is 50.3 Å². The van der Waals surface area contributed by atoms with Crippen molar-refractivity contribution in [1.82, 2.24) is 4.72 Å². The first-order valence-electron chi connectivity index (χ1n) is 5.36. The maximum absolute atomic E-state index is 11.9. The van der Waals surface area contributed by atoms with Gasteiger partial charge in [0, 0.05) is 6.54 Å². The largest absolute Gasteiger partial charge is 0.479 e. The van der Waals surface area contributed by atoms with Gasteiger partial charge in [0.15, 0.2) is 6.10 Å². The molecule has 0 saturated heterocycles. The second kappa shape index (κ2) is 6.79. The lowest BCUT2D eigenvalue weighted by atomic mass is 10.3. The van der Waals surface area contributed by atoms with E-state index in [4.69, 9.17) is 10.2 Å². The van der Waals surface area contributed by atoms with Gasteiger partial charge in [-0.3, -0.25) is 0 Å². The number of hydrogen-bond donors (Lipinski definition) is 3. The molecule has 0 aliphatic rings. The number of carboxylic acids is 1. The highest BCUT2D eigenvalue weighted by Crippen LogP contribution is 2.22. The van der Waals surface area contributed by atoms with Crippen LogP contribution in [0.4, 0.5) is 0 Å². The lowest BCUT2D eigenvalue weighted by molar-refractivity contribution is -0.146. The smallest absolute Gasteiger partial charge is 0.349 e. The molecule has 1 atom stereocenters. The maximum atomic E-state index is 11.9. The molecule has 1 aromatic rings. The van der Waals surface area contributed by atoms with Gasteiger partial charge in [-0.1, -0.05) is 0 Å². The average molecular weight is 323 g/mol. The van der Waals surface area contributed by atoms with Crippen molar-refractivity contribution in [2.45, 2.75) is 17.4 Å². The van der Waals surface area contributed by atoms with E-state index in [0.717, 1.165) is 18.4 Å². The maximum Gasteiger partial charge on any atom is 0.349 e. The Kier molecular flexibility index (Phi) is 5.62. The Morgan fingerprint density at radius 1 is 1.50 bits per heavy atom. The van der Waals surface area contributed by atoms with Crippen LogP contribution in [0.5, 0.6) is 0 Å². The van der Waals surface area contributed by atoms with E-state index < -0.39 is 28.1 Å². The molecule has 1 heterocycles. The molecule has 112 valence electrons.